The first kappa shape index (κ1) is 21.8. The number of amides is 1. The van der Waals surface area contributed by atoms with Crippen LogP contribution < -0.4 is 14.8 Å². The fourth-order valence-corrected chi connectivity index (χ4v) is 3.46. The fourth-order valence-electron chi connectivity index (χ4n) is 3.46. The lowest BCUT2D eigenvalue weighted by molar-refractivity contribution is 0.102. The van der Waals surface area contributed by atoms with E-state index in [-0.39, 0.29) is 11.9 Å². The zero-order chi connectivity index (χ0) is 24.0. The SMILES string of the molecule is COc1ccc(-c2nn(-c3ccccc3)cc2C(=O)Nc2ccc(Oc3ncccn3)cc2)cc1. The van der Waals surface area contributed by atoms with Crippen LogP contribution in [-0.4, -0.2) is 32.8 Å². The van der Waals surface area contributed by atoms with E-state index in [1.165, 1.54) is 0 Å². The molecular weight excluding hydrogens is 442 g/mol. The molecule has 1 N–H and O–H groups in total. The van der Waals surface area contributed by atoms with Crippen molar-refractivity contribution in [1.82, 2.24) is 19.7 Å². The van der Waals surface area contributed by atoms with Gasteiger partial charge in [0.15, 0.2) is 0 Å². The standard InChI is InChI=1S/C27H21N5O3/c1-34-22-12-8-19(9-13-22)25-24(18-32(31-25)21-6-3-2-4-7-21)26(33)30-20-10-14-23(15-11-20)35-27-28-16-5-17-29-27/h2-18H,1H3,(H,30,33). The largest absolute Gasteiger partial charge is 0.497 e. The van der Waals surface area contributed by atoms with Gasteiger partial charge in [0.05, 0.1) is 18.4 Å². The summed E-state index contributed by atoms with van der Waals surface area (Å²) >= 11 is 0. The molecule has 1 amide bonds. The number of benzene rings is 3. The highest BCUT2D eigenvalue weighted by Gasteiger charge is 2.19. The van der Waals surface area contributed by atoms with Gasteiger partial charge in [-0.3, -0.25) is 4.79 Å². The van der Waals surface area contributed by atoms with Gasteiger partial charge in [0.25, 0.3) is 5.91 Å². The monoisotopic (exact) mass is 463 g/mol. The van der Waals surface area contributed by atoms with E-state index in [1.54, 1.807) is 60.7 Å². The van der Waals surface area contributed by atoms with Crippen molar-refractivity contribution in [1.29, 1.82) is 0 Å². The van der Waals surface area contributed by atoms with Gasteiger partial charge < -0.3 is 14.8 Å². The van der Waals surface area contributed by atoms with Crippen LogP contribution in [0.5, 0.6) is 17.5 Å². The Kier molecular flexibility index (Phi) is 6.17. The molecule has 3 aromatic carbocycles. The molecule has 0 fully saturated rings. The maximum absolute atomic E-state index is 13.3. The number of nitrogens with zero attached hydrogens (tertiary/aromatic N) is 4. The zero-order valence-corrected chi connectivity index (χ0v) is 18.8. The third kappa shape index (κ3) is 5.01. The van der Waals surface area contributed by atoms with Crippen LogP contribution in [-0.2, 0) is 0 Å². The number of hydrogen-bond donors (Lipinski definition) is 1. The first-order chi connectivity index (χ1) is 17.2. The molecule has 2 aromatic heterocycles. The third-order valence-corrected chi connectivity index (χ3v) is 5.21. The predicted molar refractivity (Wildman–Crippen MR) is 132 cm³/mol. The summed E-state index contributed by atoms with van der Waals surface area (Å²) < 4.78 is 12.6. The van der Waals surface area contributed by atoms with Crippen LogP contribution in [0.3, 0.4) is 0 Å². The van der Waals surface area contributed by atoms with Gasteiger partial charge in [0.2, 0.25) is 0 Å². The van der Waals surface area contributed by atoms with Crippen molar-refractivity contribution in [3.8, 4) is 34.5 Å². The highest BCUT2D eigenvalue weighted by molar-refractivity contribution is 6.08. The topological polar surface area (TPSA) is 91.2 Å². The molecule has 0 atom stereocenters. The number of ether oxygens (including phenoxy) is 2. The predicted octanol–water partition coefficient (Wildman–Crippen LogP) is 5.38. The first-order valence-corrected chi connectivity index (χ1v) is 10.9. The maximum atomic E-state index is 13.3. The van der Waals surface area contributed by atoms with Gasteiger partial charge in [-0.2, -0.15) is 5.10 Å². The van der Waals surface area contributed by atoms with Crippen LogP contribution >= 0.6 is 0 Å². The van der Waals surface area contributed by atoms with Crippen LogP contribution in [0.25, 0.3) is 16.9 Å². The van der Waals surface area contributed by atoms with Gasteiger partial charge in [-0.05, 0) is 66.7 Å². The van der Waals surface area contributed by atoms with E-state index in [0.717, 1.165) is 17.0 Å². The summed E-state index contributed by atoms with van der Waals surface area (Å²) in [7, 11) is 1.61. The van der Waals surface area contributed by atoms with Gasteiger partial charge in [0, 0.05) is 29.8 Å². The molecule has 0 aliphatic carbocycles. The second-order valence-electron chi connectivity index (χ2n) is 7.51. The Labute approximate surface area is 201 Å². The summed E-state index contributed by atoms with van der Waals surface area (Å²) in [6.07, 6.45) is 4.94. The summed E-state index contributed by atoms with van der Waals surface area (Å²) in [6, 6.07) is 26.0. The number of carbonyl (C=O) groups is 1. The van der Waals surface area contributed by atoms with E-state index in [2.05, 4.69) is 15.3 Å². The zero-order valence-electron chi connectivity index (χ0n) is 18.8. The Morgan fingerprint density at radius 1 is 0.829 bits per heavy atom. The van der Waals surface area contributed by atoms with Crippen LogP contribution in [0.15, 0.2) is 104 Å². The molecule has 0 aliphatic heterocycles. The average Bonchev–Trinajstić information content (AvgIpc) is 3.37. The highest BCUT2D eigenvalue weighted by Crippen LogP contribution is 2.27. The lowest BCUT2D eigenvalue weighted by atomic mass is 10.1. The molecule has 0 aliphatic rings. The molecule has 8 heteroatoms. The molecular formula is C27H21N5O3. The van der Waals surface area contributed by atoms with Gasteiger partial charge in [0.1, 0.15) is 17.2 Å². The number of hydrogen-bond acceptors (Lipinski definition) is 6. The fraction of sp³-hybridized carbons (Fsp3) is 0.0370. The molecule has 35 heavy (non-hydrogen) atoms. The number of rotatable bonds is 7. The molecule has 0 bridgehead atoms. The van der Waals surface area contributed by atoms with E-state index in [9.17, 15) is 4.79 Å². The number of anilines is 1. The summed E-state index contributed by atoms with van der Waals surface area (Å²) in [6.45, 7) is 0. The average molecular weight is 463 g/mol. The maximum Gasteiger partial charge on any atom is 0.321 e. The molecule has 5 rings (SSSR count). The molecule has 0 spiro atoms. The smallest absolute Gasteiger partial charge is 0.321 e. The number of carbonyl (C=O) groups excluding carboxylic acids is 1. The van der Waals surface area contributed by atoms with E-state index in [0.29, 0.717) is 22.7 Å². The van der Waals surface area contributed by atoms with Crippen molar-refractivity contribution >= 4 is 11.6 Å². The van der Waals surface area contributed by atoms with E-state index in [4.69, 9.17) is 14.6 Å². The summed E-state index contributed by atoms with van der Waals surface area (Å²) in [5.74, 6) is 1.01. The Hall–Kier alpha value is -4.98. The minimum absolute atomic E-state index is 0.252. The van der Waals surface area contributed by atoms with Gasteiger partial charge >= 0.3 is 6.01 Å². The molecule has 0 saturated heterocycles. The van der Waals surface area contributed by atoms with Crippen LogP contribution in [0.2, 0.25) is 0 Å². The van der Waals surface area contributed by atoms with E-state index < -0.39 is 0 Å². The molecule has 0 radical (unpaired) electrons. The second kappa shape index (κ2) is 9.88. The first-order valence-electron chi connectivity index (χ1n) is 10.9. The molecule has 8 nitrogen and oxygen atoms in total. The second-order valence-corrected chi connectivity index (χ2v) is 7.51. The Bertz CT molecular complexity index is 1420. The van der Waals surface area contributed by atoms with E-state index >= 15 is 0 Å². The van der Waals surface area contributed by atoms with Crippen molar-refractivity contribution < 1.29 is 14.3 Å². The summed E-state index contributed by atoms with van der Waals surface area (Å²) in [5, 5.41) is 7.65. The summed E-state index contributed by atoms with van der Waals surface area (Å²) in [5.41, 5.74) is 3.28. The molecule has 2 heterocycles. The van der Waals surface area contributed by atoms with Crippen molar-refractivity contribution in [3.63, 3.8) is 0 Å². The molecule has 5 aromatic rings. The van der Waals surface area contributed by atoms with Crippen LogP contribution in [0.4, 0.5) is 5.69 Å². The molecule has 0 saturated carbocycles. The minimum atomic E-state index is -0.280. The van der Waals surface area contributed by atoms with Crippen molar-refractivity contribution in [2.45, 2.75) is 0 Å². The van der Waals surface area contributed by atoms with E-state index in [1.807, 2.05) is 54.6 Å². The van der Waals surface area contributed by atoms with Crippen molar-refractivity contribution in [2.24, 2.45) is 0 Å². The van der Waals surface area contributed by atoms with Crippen LogP contribution in [0.1, 0.15) is 10.4 Å². The quantitative estimate of drug-likeness (QED) is 0.348. The number of nitrogens with one attached hydrogen (secondary N) is 1. The Morgan fingerprint density at radius 2 is 1.51 bits per heavy atom. The normalized spacial score (nSPS) is 10.5. The summed E-state index contributed by atoms with van der Waals surface area (Å²) in [4.78, 5) is 21.4. The Morgan fingerprint density at radius 3 is 2.20 bits per heavy atom. The lowest BCUT2D eigenvalue weighted by Crippen LogP contribution is -2.12. The molecule has 172 valence electrons. The van der Waals surface area contributed by atoms with Crippen molar-refractivity contribution in [3.05, 3.63) is 109 Å². The third-order valence-electron chi connectivity index (χ3n) is 5.21. The van der Waals surface area contributed by atoms with Gasteiger partial charge in [-0.15, -0.1) is 0 Å². The Balaban J connectivity index is 1.41. The lowest BCUT2D eigenvalue weighted by Gasteiger charge is -2.07. The highest BCUT2D eigenvalue weighted by atomic mass is 16.5. The minimum Gasteiger partial charge on any atom is -0.497 e. The number of methoxy groups -OCH3 is 1. The van der Waals surface area contributed by atoms with Gasteiger partial charge in [-0.25, -0.2) is 14.6 Å². The van der Waals surface area contributed by atoms with Crippen molar-refractivity contribution in [2.75, 3.05) is 12.4 Å². The van der Waals surface area contributed by atoms with Crippen LogP contribution in [0, 0.1) is 0 Å². The number of aromatic nitrogens is 4. The molecule has 0 unspecified atom stereocenters. The number of para-hydroxylation sites is 1. The van der Waals surface area contributed by atoms with Gasteiger partial charge in [-0.1, -0.05) is 18.2 Å².